The predicted molar refractivity (Wildman–Crippen MR) is 97.6 cm³/mol. The van der Waals surface area contributed by atoms with Crippen LogP contribution in [-0.4, -0.2) is 31.2 Å². The van der Waals surface area contributed by atoms with Gasteiger partial charge in [0.2, 0.25) is 10.0 Å². The fourth-order valence-corrected chi connectivity index (χ4v) is 4.27. The van der Waals surface area contributed by atoms with E-state index in [-0.39, 0.29) is 24.9 Å². The minimum Gasteiger partial charge on any atom is -0.375 e. The predicted octanol–water partition coefficient (Wildman–Crippen LogP) is 1.51. The van der Waals surface area contributed by atoms with Gasteiger partial charge in [-0.2, -0.15) is 0 Å². The van der Waals surface area contributed by atoms with Crippen LogP contribution in [0.4, 0.5) is 0 Å². The Bertz CT molecular complexity index is 749. The highest BCUT2D eigenvalue weighted by Gasteiger charge is 2.60. The van der Waals surface area contributed by atoms with E-state index in [1.54, 1.807) is 6.08 Å². The van der Waals surface area contributed by atoms with Crippen LogP contribution in [0.5, 0.6) is 0 Å². The molecule has 2 aliphatic carbocycles. The van der Waals surface area contributed by atoms with Gasteiger partial charge in [-0.25, -0.2) is 8.42 Å². The zero-order valence-corrected chi connectivity index (χ0v) is 15.4. The molecular formula is C17H23ClN2O4S. The summed E-state index contributed by atoms with van der Waals surface area (Å²) in [6.07, 6.45) is 2.97. The lowest BCUT2D eigenvalue weighted by Gasteiger charge is -2.19. The number of ether oxygens (including phenoxy) is 1. The van der Waals surface area contributed by atoms with E-state index in [0.717, 1.165) is 5.56 Å². The van der Waals surface area contributed by atoms with E-state index in [9.17, 15) is 13.2 Å². The Hall–Kier alpha value is -1.41. The molecular weight excluding hydrogens is 364 g/mol. The fourth-order valence-electron chi connectivity index (χ4n) is 2.74. The summed E-state index contributed by atoms with van der Waals surface area (Å²) >= 11 is 0. The number of carbonyl (C=O) groups is 1. The van der Waals surface area contributed by atoms with Crippen molar-refractivity contribution in [1.82, 2.24) is 4.72 Å². The molecule has 2 saturated carbocycles. The van der Waals surface area contributed by atoms with Gasteiger partial charge in [0.05, 0.1) is 13.2 Å². The average Bonchev–Trinajstić information content (AvgIpc) is 3.45. The number of hydrogen-bond donors (Lipinski definition) is 2. The Morgan fingerprint density at radius 1 is 1.36 bits per heavy atom. The minimum atomic E-state index is -3.82. The Morgan fingerprint density at radius 3 is 2.52 bits per heavy atom. The SMILES string of the molecule is C=C[C@@H]1C[C@]1(N)C(=O)NS(=O)(=O)C1(COCc2ccccc2)CC1.Cl. The van der Waals surface area contributed by atoms with Crippen molar-refractivity contribution in [2.75, 3.05) is 6.61 Å². The third kappa shape index (κ3) is 3.89. The Balaban J connectivity index is 0.00000225. The molecule has 25 heavy (non-hydrogen) atoms. The van der Waals surface area contributed by atoms with Crippen LogP contribution in [0.3, 0.4) is 0 Å². The number of hydrogen-bond acceptors (Lipinski definition) is 5. The largest absolute Gasteiger partial charge is 0.375 e. The van der Waals surface area contributed by atoms with Crippen molar-refractivity contribution in [3.05, 3.63) is 48.6 Å². The first-order valence-electron chi connectivity index (χ1n) is 7.93. The number of rotatable bonds is 8. The molecule has 3 N–H and O–H groups in total. The van der Waals surface area contributed by atoms with E-state index < -0.39 is 26.2 Å². The maximum Gasteiger partial charge on any atom is 0.254 e. The number of sulfonamides is 1. The van der Waals surface area contributed by atoms with Crippen molar-refractivity contribution in [2.45, 2.75) is 36.2 Å². The molecule has 2 atom stereocenters. The summed E-state index contributed by atoms with van der Waals surface area (Å²) in [5.41, 5.74) is 5.74. The van der Waals surface area contributed by atoms with Crippen LogP contribution in [0, 0.1) is 5.92 Å². The smallest absolute Gasteiger partial charge is 0.254 e. The van der Waals surface area contributed by atoms with Crippen LogP contribution in [0.1, 0.15) is 24.8 Å². The molecule has 0 radical (unpaired) electrons. The van der Waals surface area contributed by atoms with E-state index in [1.165, 1.54) is 0 Å². The summed E-state index contributed by atoms with van der Waals surface area (Å²) in [4.78, 5) is 12.2. The molecule has 0 saturated heterocycles. The Kier molecular flexibility index (Phi) is 5.63. The van der Waals surface area contributed by atoms with Gasteiger partial charge in [0.1, 0.15) is 10.3 Å². The van der Waals surface area contributed by atoms with Gasteiger partial charge in [0, 0.05) is 5.92 Å². The van der Waals surface area contributed by atoms with E-state index in [2.05, 4.69) is 11.3 Å². The molecule has 0 bridgehead atoms. The lowest BCUT2D eigenvalue weighted by atomic mass is 10.2. The molecule has 1 amide bonds. The van der Waals surface area contributed by atoms with Gasteiger partial charge in [0.25, 0.3) is 5.91 Å². The highest BCUT2D eigenvalue weighted by Crippen LogP contribution is 2.45. The summed E-state index contributed by atoms with van der Waals surface area (Å²) in [5, 5.41) is 0. The topological polar surface area (TPSA) is 98.5 Å². The maximum atomic E-state index is 12.5. The molecule has 3 rings (SSSR count). The van der Waals surface area contributed by atoms with E-state index >= 15 is 0 Å². The molecule has 0 aromatic heterocycles. The molecule has 6 nitrogen and oxygen atoms in total. The highest BCUT2D eigenvalue weighted by atomic mass is 35.5. The first-order valence-corrected chi connectivity index (χ1v) is 9.41. The van der Waals surface area contributed by atoms with Gasteiger partial charge < -0.3 is 10.5 Å². The molecule has 1 aromatic rings. The lowest BCUT2D eigenvalue weighted by Crippen LogP contribution is -2.50. The highest BCUT2D eigenvalue weighted by molar-refractivity contribution is 7.91. The fraction of sp³-hybridized carbons (Fsp3) is 0.471. The second-order valence-electron chi connectivity index (χ2n) is 6.68. The van der Waals surface area contributed by atoms with Crippen molar-refractivity contribution < 1.29 is 17.9 Å². The second-order valence-corrected chi connectivity index (χ2v) is 8.76. The van der Waals surface area contributed by atoms with E-state index in [4.69, 9.17) is 10.5 Å². The zero-order chi connectivity index (χ0) is 17.4. The molecule has 0 spiro atoms. The average molecular weight is 387 g/mol. The molecule has 138 valence electrons. The molecule has 0 aliphatic heterocycles. The normalized spacial score (nSPS) is 26.2. The summed E-state index contributed by atoms with van der Waals surface area (Å²) in [5.74, 6) is -0.820. The van der Waals surface area contributed by atoms with Crippen molar-refractivity contribution >= 4 is 28.3 Å². The number of amides is 1. The van der Waals surface area contributed by atoms with Gasteiger partial charge in [0.15, 0.2) is 0 Å². The monoisotopic (exact) mass is 386 g/mol. The molecule has 8 heteroatoms. The summed E-state index contributed by atoms with van der Waals surface area (Å²) in [7, 11) is -3.82. The molecule has 0 heterocycles. The van der Waals surface area contributed by atoms with Gasteiger partial charge >= 0.3 is 0 Å². The second kappa shape index (κ2) is 7.07. The quantitative estimate of drug-likeness (QED) is 0.660. The molecule has 0 unspecified atom stereocenters. The minimum absolute atomic E-state index is 0. The van der Waals surface area contributed by atoms with Crippen LogP contribution in [0.2, 0.25) is 0 Å². The lowest BCUT2D eigenvalue weighted by molar-refractivity contribution is -0.121. The number of benzene rings is 1. The number of carbonyl (C=O) groups excluding carboxylic acids is 1. The van der Waals surface area contributed by atoms with E-state index in [0.29, 0.717) is 25.9 Å². The van der Waals surface area contributed by atoms with Crippen LogP contribution in [0.15, 0.2) is 43.0 Å². The van der Waals surface area contributed by atoms with Gasteiger partial charge in [-0.3, -0.25) is 9.52 Å². The Morgan fingerprint density at radius 2 is 2.00 bits per heavy atom. The van der Waals surface area contributed by atoms with Crippen molar-refractivity contribution in [3.8, 4) is 0 Å². The summed E-state index contributed by atoms with van der Waals surface area (Å²) in [6.45, 7) is 4.00. The summed E-state index contributed by atoms with van der Waals surface area (Å²) in [6, 6.07) is 9.53. The van der Waals surface area contributed by atoms with Crippen molar-refractivity contribution in [3.63, 3.8) is 0 Å². The summed E-state index contributed by atoms with van der Waals surface area (Å²) < 4.78 is 31.8. The van der Waals surface area contributed by atoms with Gasteiger partial charge in [-0.1, -0.05) is 36.4 Å². The zero-order valence-electron chi connectivity index (χ0n) is 13.8. The van der Waals surface area contributed by atoms with Gasteiger partial charge in [-0.15, -0.1) is 19.0 Å². The number of nitrogens with two attached hydrogens (primary N) is 1. The molecule has 2 aliphatic rings. The number of nitrogens with one attached hydrogen (secondary N) is 1. The molecule has 1 aromatic carbocycles. The van der Waals surface area contributed by atoms with Crippen molar-refractivity contribution in [2.24, 2.45) is 11.7 Å². The first-order chi connectivity index (χ1) is 11.3. The Labute approximate surface area is 154 Å². The number of halogens is 1. The first kappa shape index (κ1) is 19.9. The van der Waals surface area contributed by atoms with Gasteiger partial charge in [-0.05, 0) is 24.8 Å². The molecule has 2 fully saturated rings. The standard InChI is InChI=1S/C17H22N2O4S.ClH/c1-2-14-10-17(14,18)15(20)19-24(21,22)16(8-9-16)12-23-11-13-6-4-3-5-7-13;/h2-7,14H,1,8-12,18H2,(H,19,20);1H/t14-,17-;/m1./s1. The van der Waals surface area contributed by atoms with Crippen LogP contribution >= 0.6 is 12.4 Å². The van der Waals surface area contributed by atoms with Crippen LogP contribution < -0.4 is 10.5 Å². The van der Waals surface area contributed by atoms with E-state index in [1.807, 2.05) is 30.3 Å². The maximum absolute atomic E-state index is 12.5. The van der Waals surface area contributed by atoms with Crippen LogP contribution in [-0.2, 0) is 26.2 Å². The van der Waals surface area contributed by atoms with Crippen LogP contribution in [0.25, 0.3) is 0 Å². The van der Waals surface area contributed by atoms with Crippen molar-refractivity contribution in [1.29, 1.82) is 0 Å². The third-order valence-corrected chi connectivity index (χ3v) is 6.97. The third-order valence-electron chi connectivity index (χ3n) is 4.85.